The molecule has 0 saturated carbocycles. The van der Waals surface area contributed by atoms with Gasteiger partial charge in [-0.3, -0.25) is 14.5 Å². The summed E-state index contributed by atoms with van der Waals surface area (Å²) in [5.41, 5.74) is 1.70. The van der Waals surface area contributed by atoms with Gasteiger partial charge in [0.2, 0.25) is 5.91 Å². The number of piperidine rings is 1. The van der Waals surface area contributed by atoms with Gasteiger partial charge in [0.05, 0.1) is 18.2 Å². The average molecular weight is 316 g/mol. The SMILES string of the molecule is Cc1cccc(N2C(=O)C[C@H](N3CCCC[C@@H]3CCO)C2=O)c1. The second kappa shape index (κ2) is 6.81. The molecule has 0 unspecified atom stereocenters. The maximum Gasteiger partial charge on any atom is 0.251 e. The van der Waals surface area contributed by atoms with Crippen LogP contribution in [-0.2, 0) is 9.59 Å². The van der Waals surface area contributed by atoms with Crippen molar-refractivity contribution in [2.45, 2.75) is 51.1 Å². The van der Waals surface area contributed by atoms with E-state index in [0.29, 0.717) is 12.1 Å². The van der Waals surface area contributed by atoms with Crippen molar-refractivity contribution in [1.29, 1.82) is 0 Å². The monoisotopic (exact) mass is 316 g/mol. The molecule has 0 radical (unpaired) electrons. The minimum atomic E-state index is -0.375. The highest BCUT2D eigenvalue weighted by Crippen LogP contribution is 2.30. The van der Waals surface area contributed by atoms with Crippen LogP contribution in [0.2, 0.25) is 0 Å². The quantitative estimate of drug-likeness (QED) is 0.862. The molecule has 2 aliphatic rings. The molecule has 2 amide bonds. The van der Waals surface area contributed by atoms with Crippen LogP contribution in [0.25, 0.3) is 0 Å². The number of benzene rings is 1. The van der Waals surface area contributed by atoms with Gasteiger partial charge in [-0.15, -0.1) is 0 Å². The second-order valence-electron chi connectivity index (χ2n) is 6.53. The Hall–Kier alpha value is -1.72. The van der Waals surface area contributed by atoms with Crippen LogP contribution in [0.3, 0.4) is 0 Å². The molecule has 2 saturated heterocycles. The average Bonchev–Trinajstić information content (AvgIpc) is 2.83. The number of nitrogens with zero attached hydrogens (tertiary/aromatic N) is 2. The summed E-state index contributed by atoms with van der Waals surface area (Å²) in [7, 11) is 0. The van der Waals surface area contributed by atoms with Crippen LogP contribution in [0, 0.1) is 6.92 Å². The molecule has 0 bridgehead atoms. The highest BCUT2D eigenvalue weighted by Gasteiger charge is 2.44. The van der Waals surface area contributed by atoms with Gasteiger partial charge in [0.15, 0.2) is 0 Å². The molecule has 0 aromatic heterocycles. The number of rotatable bonds is 4. The summed E-state index contributed by atoms with van der Waals surface area (Å²) >= 11 is 0. The van der Waals surface area contributed by atoms with Gasteiger partial charge in [-0.05, 0) is 50.4 Å². The number of hydrogen-bond acceptors (Lipinski definition) is 4. The van der Waals surface area contributed by atoms with Crippen LogP contribution in [0.1, 0.15) is 37.7 Å². The van der Waals surface area contributed by atoms with Gasteiger partial charge >= 0.3 is 0 Å². The summed E-state index contributed by atoms with van der Waals surface area (Å²) in [6.45, 7) is 2.90. The molecule has 1 aromatic rings. The summed E-state index contributed by atoms with van der Waals surface area (Å²) in [5, 5.41) is 9.27. The Bertz CT molecular complexity index is 600. The maximum atomic E-state index is 12.9. The third kappa shape index (κ3) is 3.16. The van der Waals surface area contributed by atoms with E-state index in [0.717, 1.165) is 31.4 Å². The van der Waals surface area contributed by atoms with Crippen molar-refractivity contribution < 1.29 is 14.7 Å². The van der Waals surface area contributed by atoms with Gasteiger partial charge in [0.1, 0.15) is 0 Å². The van der Waals surface area contributed by atoms with Crippen molar-refractivity contribution >= 4 is 17.5 Å². The fourth-order valence-corrected chi connectivity index (χ4v) is 3.81. The number of likely N-dealkylation sites (tertiary alicyclic amines) is 1. The molecule has 23 heavy (non-hydrogen) atoms. The van der Waals surface area contributed by atoms with Crippen molar-refractivity contribution in [3.63, 3.8) is 0 Å². The topological polar surface area (TPSA) is 60.9 Å². The first-order valence-electron chi connectivity index (χ1n) is 8.42. The predicted octanol–water partition coefficient (Wildman–Crippen LogP) is 1.86. The molecule has 0 aliphatic carbocycles. The van der Waals surface area contributed by atoms with Gasteiger partial charge < -0.3 is 5.11 Å². The number of aryl methyl sites for hydroxylation is 1. The molecule has 3 rings (SSSR count). The number of carbonyl (C=O) groups is 2. The molecule has 1 aromatic carbocycles. The van der Waals surface area contributed by atoms with Crippen molar-refractivity contribution in [3.05, 3.63) is 29.8 Å². The van der Waals surface area contributed by atoms with E-state index in [1.807, 2.05) is 31.2 Å². The largest absolute Gasteiger partial charge is 0.396 e. The number of hydrogen-bond donors (Lipinski definition) is 1. The molecule has 2 aliphatic heterocycles. The van der Waals surface area contributed by atoms with Gasteiger partial charge in [0.25, 0.3) is 5.91 Å². The second-order valence-corrected chi connectivity index (χ2v) is 6.53. The molecule has 5 heteroatoms. The molecule has 1 N–H and O–H groups in total. The Morgan fingerprint density at radius 1 is 1.26 bits per heavy atom. The van der Waals surface area contributed by atoms with Gasteiger partial charge in [0, 0.05) is 12.6 Å². The number of aliphatic hydroxyl groups excluding tert-OH is 1. The Morgan fingerprint density at radius 2 is 2.09 bits per heavy atom. The van der Waals surface area contributed by atoms with Crippen molar-refractivity contribution in [1.82, 2.24) is 4.90 Å². The van der Waals surface area contributed by atoms with Gasteiger partial charge in [-0.25, -0.2) is 4.90 Å². The molecule has 2 fully saturated rings. The van der Waals surface area contributed by atoms with E-state index in [2.05, 4.69) is 4.90 Å². The normalized spacial score (nSPS) is 26.1. The van der Waals surface area contributed by atoms with E-state index in [9.17, 15) is 14.7 Å². The van der Waals surface area contributed by atoms with Gasteiger partial charge in [-0.2, -0.15) is 0 Å². The molecule has 5 nitrogen and oxygen atoms in total. The fourth-order valence-electron chi connectivity index (χ4n) is 3.81. The van der Waals surface area contributed by atoms with Crippen molar-refractivity contribution in [3.8, 4) is 0 Å². The van der Waals surface area contributed by atoms with Crippen LogP contribution in [0.5, 0.6) is 0 Å². The lowest BCUT2D eigenvalue weighted by Gasteiger charge is -2.38. The zero-order valence-electron chi connectivity index (χ0n) is 13.6. The first-order valence-corrected chi connectivity index (χ1v) is 8.42. The zero-order chi connectivity index (χ0) is 16.4. The Kier molecular flexibility index (Phi) is 4.78. The minimum absolute atomic E-state index is 0.120. The van der Waals surface area contributed by atoms with Crippen LogP contribution < -0.4 is 4.90 Å². The zero-order valence-corrected chi connectivity index (χ0v) is 13.6. The van der Waals surface area contributed by atoms with Crippen molar-refractivity contribution in [2.75, 3.05) is 18.1 Å². The lowest BCUT2D eigenvalue weighted by atomic mass is 9.97. The van der Waals surface area contributed by atoms with E-state index in [4.69, 9.17) is 0 Å². The molecule has 2 atom stereocenters. The third-order valence-electron chi connectivity index (χ3n) is 4.92. The summed E-state index contributed by atoms with van der Waals surface area (Å²) < 4.78 is 0. The highest BCUT2D eigenvalue weighted by molar-refractivity contribution is 6.22. The highest BCUT2D eigenvalue weighted by atomic mass is 16.3. The standard InChI is InChI=1S/C18H24N2O3/c1-13-5-4-7-15(11-13)20-17(22)12-16(18(20)23)19-9-3-2-6-14(19)8-10-21/h4-5,7,11,14,16,21H,2-3,6,8-10,12H2,1H3/t14-,16+/m1/s1. The molecule has 2 heterocycles. The third-order valence-corrected chi connectivity index (χ3v) is 4.92. The van der Waals surface area contributed by atoms with E-state index < -0.39 is 0 Å². The lowest BCUT2D eigenvalue weighted by Crippen LogP contribution is -2.50. The maximum absolute atomic E-state index is 12.9. The van der Waals surface area contributed by atoms with Crippen molar-refractivity contribution in [2.24, 2.45) is 0 Å². The van der Waals surface area contributed by atoms with Crippen LogP contribution in [-0.4, -0.2) is 47.1 Å². The number of imide groups is 1. The van der Waals surface area contributed by atoms with Crippen LogP contribution in [0.4, 0.5) is 5.69 Å². The van der Waals surface area contributed by atoms with Crippen LogP contribution in [0.15, 0.2) is 24.3 Å². The summed E-state index contributed by atoms with van der Waals surface area (Å²) in [6, 6.07) is 7.33. The fraction of sp³-hybridized carbons (Fsp3) is 0.556. The lowest BCUT2D eigenvalue weighted by molar-refractivity contribution is -0.123. The number of anilines is 1. The van der Waals surface area contributed by atoms with Gasteiger partial charge in [-0.1, -0.05) is 18.6 Å². The summed E-state index contributed by atoms with van der Waals surface area (Å²) in [6.07, 6.45) is 4.07. The number of carbonyl (C=O) groups excluding carboxylic acids is 2. The predicted molar refractivity (Wildman–Crippen MR) is 88.1 cm³/mol. The van der Waals surface area contributed by atoms with E-state index in [1.165, 1.54) is 4.90 Å². The molecular formula is C18H24N2O3. The Balaban J connectivity index is 1.83. The Morgan fingerprint density at radius 3 is 2.83 bits per heavy atom. The number of aliphatic hydroxyl groups is 1. The molecule has 0 spiro atoms. The molecule has 124 valence electrons. The first-order chi connectivity index (χ1) is 11.1. The summed E-state index contributed by atoms with van der Waals surface area (Å²) in [5.74, 6) is -0.246. The van der Waals surface area contributed by atoms with Crippen LogP contribution >= 0.6 is 0 Å². The van der Waals surface area contributed by atoms with E-state index in [1.54, 1.807) is 0 Å². The minimum Gasteiger partial charge on any atom is -0.396 e. The smallest absolute Gasteiger partial charge is 0.251 e. The van der Waals surface area contributed by atoms with E-state index in [-0.39, 0.29) is 36.9 Å². The summed E-state index contributed by atoms with van der Waals surface area (Å²) in [4.78, 5) is 28.8. The molecular weight excluding hydrogens is 292 g/mol. The Labute approximate surface area is 136 Å². The first kappa shape index (κ1) is 16.1. The number of amides is 2. The van der Waals surface area contributed by atoms with E-state index >= 15 is 0 Å².